The molecule has 2 rings (SSSR count). The van der Waals surface area contributed by atoms with Crippen LogP contribution in [0.2, 0.25) is 0 Å². The maximum atomic E-state index is 11.7. The number of thiophene rings is 1. The molecule has 0 saturated carbocycles. The van der Waals surface area contributed by atoms with Crippen molar-refractivity contribution in [3.05, 3.63) is 46.2 Å². The first-order valence-electron chi connectivity index (χ1n) is 7.05. The van der Waals surface area contributed by atoms with Gasteiger partial charge in [0.1, 0.15) is 0 Å². The Hall–Kier alpha value is -2.67. The quantitative estimate of drug-likeness (QED) is 0.539. The molecule has 6 nitrogen and oxygen atoms in total. The summed E-state index contributed by atoms with van der Waals surface area (Å²) in [6.07, 6.45) is 0. The first kappa shape index (κ1) is 17.7. The molecule has 0 radical (unpaired) electrons. The van der Waals surface area contributed by atoms with Gasteiger partial charge in [-0.1, -0.05) is 6.07 Å². The fraction of sp³-hybridized carbons (Fsp3) is 0.235. The second kappa shape index (κ2) is 8.26. The van der Waals surface area contributed by atoms with Gasteiger partial charge in [0.15, 0.2) is 30.5 Å². The van der Waals surface area contributed by atoms with E-state index in [1.807, 2.05) is 0 Å². The van der Waals surface area contributed by atoms with Crippen LogP contribution in [-0.2, 0) is 9.53 Å². The summed E-state index contributed by atoms with van der Waals surface area (Å²) in [5, 5.41) is 1.77. The van der Waals surface area contributed by atoms with E-state index in [0.29, 0.717) is 21.9 Å². The molecule has 0 spiro atoms. The van der Waals surface area contributed by atoms with Gasteiger partial charge in [-0.3, -0.25) is 9.59 Å². The largest absolute Gasteiger partial charge is 0.493 e. The molecule has 24 heavy (non-hydrogen) atoms. The number of benzene rings is 1. The molecule has 0 saturated heterocycles. The SMILES string of the molecule is COc1cc(C(C)=O)ccc1OCC(=O)OCC(=O)c1cccs1. The van der Waals surface area contributed by atoms with Gasteiger partial charge in [0.2, 0.25) is 5.78 Å². The van der Waals surface area contributed by atoms with Crippen LogP contribution in [0, 0.1) is 0 Å². The molecule has 0 amide bonds. The summed E-state index contributed by atoms with van der Waals surface area (Å²) in [4.78, 5) is 35.3. The van der Waals surface area contributed by atoms with Crippen LogP contribution in [0.4, 0.5) is 0 Å². The first-order valence-corrected chi connectivity index (χ1v) is 7.93. The van der Waals surface area contributed by atoms with Crippen LogP contribution in [0.5, 0.6) is 11.5 Å². The van der Waals surface area contributed by atoms with Crippen LogP contribution in [-0.4, -0.2) is 37.9 Å². The zero-order chi connectivity index (χ0) is 17.5. The number of rotatable bonds is 8. The Balaban J connectivity index is 1.87. The van der Waals surface area contributed by atoms with Gasteiger partial charge < -0.3 is 14.2 Å². The summed E-state index contributed by atoms with van der Waals surface area (Å²) in [6, 6.07) is 8.06. The van der Waals surface area contributed by atoms with Crippen molar-refractivity contribution >= 4 is 28.9 Å². The molecule has 0 unspecified atom stereocenters. The highest BCUT2D eigenvalue weighted by Crippen LogP contribution is 2.28. The second-order valence-corrected chi connectivity index (χ2v) is 5.72. The zero-order valence-electron chi connectivity index (χ0n) is 13.2. The van der Waals surface area contributed by atoms with E-state index in [2.05, 4.69) is 0 Å². The smallest absolute Gasteiger partial charge is 0.344 e. The second-order valence-electron chi connectivity index (χ2n) is 4.77. The fourth-order valence-electron chi connectivity index (χ4n) is 1.84. The average Bonchev–Trinajstić information content (AvgIpc) is 3.12. The van der Waals surface area contributed by atoms with E-state index < -0.39 is 5.97 Å². The summed E-state index contributed by atoms with van der Waals surface area (Å²) in [5.41, 5.74) is 0.475. The van der Waals surface area contributed by atoms with Crippen LogP contribution in [0.25, 0.3) is 0 Å². The van der Waals surface area contributed by atoms with E-state index in [0.717, 1.165) is 0 Å². The molecule has 0 atom stereocenters. The summed E-state index contributed by atoms with van der Waals surface area (Å²) < 4.78 is 15.3. The van der Waals surface area contributed by atoms with Gasteiger partial charge in [0, 0.05) is 5.56 Å². The molecule has 1 aromatic carbocycles. The third-order valence-electron chi connectivity index (χ3n) is 3.08. The van der Waals surface area contributed by atoms with Crippen LogP contribution < -0.4 is 9.47 Å². The maximum Gasteiger partial charge on any atom is 0.344 e. The molecule has 0 N–H and O–H groups in total. The molecular formula is C17H16O6S. The number of ether oxygens (including phenoxy) is 3. The Morgan fingerprint density at radius 1 is 1.08 bits per heavy atom. The summed E-state index contributed by atoms with van der Waals surface area (Å²) in [6.45, 7) is 0.744. The number of carbonyl (C=O) groups is 3. The predicted octanol–water partition coefficient (Wildman–Crippen LogP) is 2.76. The van der Waals surface area contributed by atoms with E-state index in [1.54, 1.807) is 29.6 Å². The van der Waals surface area contributed by atoms with Crippen molar-refractivity contribution in [3.63, 3.8) is 0 Å². The van der Waals surface area contributed by atoms with Gasteiger partial charge >= 0.3 is 5.97 Å². The molecule has 126 valence electrons. The number of Topliss-reactive ketones (excluding diaryl/α,β-unsaturated/α-hetero) is 2. The van der Waals surface area contributed by atoms with Gasteiger partial charge in [-0.2, -0.15) is 0 Å². The average molecular weight is 348 g/mol. The third kappa shape index (κ3) is 4.66. The van der Waals surface area contributed by atoms with E-state index >= 15 is 0 Å². The van der Waals surface area contributed by atoms with Gasteiger partial charge in [-0.15, -0.1) is 11.3 Å². The van der Waals surface area contributed by atoms with Crippen molar-refractivity contribution in [2.45, 2.75) is 6.92 Å². The van der Waals surface area contributed by atoms with E-state index in [-0.39, 0.29) is 24.8 Å². The van der Waals surface area contributed by atoms with Crippen LogP contribution in [0.3, 0.4) is 0 Å². The minimum absolute atomic E-state index is 0.105. The highest BCUT2D eigenvalue weighted by molar-refractivity contribution is 7.12. The minimum atomic E-state index is -0.669. The first-order chi connectivity index (χ1) is 11.5. The standard InChI is InChI=1S/C17H16O6S/c1-11(18)12-5-6-14(15(8-12)21-2)22-10-17(20)23-9-13(19)16-4-3-7-24-16/h3-8H,9-10H2,1-2H3. The van der Waals surface area contributed by atoms with Crippen molar-refractivity contribution in [3.8, 4) is 11.5 Å². The maximum absolute atomic E-state index is 11.7. The van der Waals surface area contributed by atoms with Crippen LogP contribution in [0.15, 0.2) is 35.7 Å². The highest BCUT2D eigenvalue weighted by Gasteiger charge is 2.13. The minimum Gasteiger partial charge on any atom is -0.493 e. The number of carbonyl (C=O) groups excluding carboxylic acids is 3. The number of hydrogen-bond acceptors (Lipinski definition) is 7. The Bertz CT molecular complexity index is 736. The number of methoxy groups -OCH3 is 1. The van der Waals surface area contributed by atoms with E-state index in [4.69, 9.17) is 14.2 Å². The lowest BCUT2D eigenvalue weighted by molar-refractivity contribution is -0.144. The lowest BCUT2D eigenvalue weighted by Crippen LogP contribution is -2.19. The zero-order valence-corrected chi connectivity index (χ0v) is 14.1. The molecule has 1 heterocycles. The summed E-state index contributed by atoms with van der Waals surface area (Å²) >= 11 is 1.29. The van der Waals surface area contributed by atoms with Gasteiger partial charge in [-0.25, -0.2) is 4.79 Å². The molecule has 0 aliphatic heterocycles. The van der Waals surface area contributed by atoms with Crippen LogP contribution >= 0.6 is 11.3 Å². The molecule has 0 aliphatic rings. The van der Waals surface area contributed by atoms with Crippen molar-refractivity contribution in [2.75, 3.05) is 20.3 Å². The summed E-state index contributed by atoms with van der Waals surface area (Å²) in [5.74, 6) is -0.389. The van der Waals surface area contributed by atoms with Crippen LogP contribution in [0.1, 0.15) is 27.0 Å². The predicted molar refractivity (Wildman–Crippen MR) is 88.1 cm³/mol. The lowest BCUT2D eigenvalue weighted by Gasteiger charge is -2.11. The van der Waals surface area contributed by atoms with Crippen molar-refractivity contribution in [2.24, 2.45) is 0 Å². The molecule has 0 bridgehead atoms. The molecule has 1 aromatic heterocycles. The van der Waals surface area contributed by atoms with Gasteiger partial charge in [0.05, 0.1) is 12.0 Å². The number of esters is 1. The van der Waals surface area contributed by atoms with Gasteiger partial charge in [0.25, 0.3) is 0 Å². The van der Waals surface area contributed by atoms with E-state index in [9.17, 15) is 14.4 Å². The Labute approximate surface area is 143 Å². The lowest BCUT2D eigenvalue weighted by atomic mass is 10.1. The molecule has 0 fully saturated rings. The Morgan fingerprint density at radius 2 is 1.88 bits per heavy atom. The molecule has 0 aliphatic carbocycles. The molecule has 7 heteroatoms. The summed E-state index contributed by atoms with van der Waals surface area (Å²) in [7, 11) is 1.43. The van der Waals surface area contributed by atoms with Crippen molar-refractivity contribution < 1.29 is 28.6 Å². The normalized spacial score (nSPS) is 10.1. The van der Waals surface area contributed by atoms with Gasteiger partial charge in [-0.05, 0) is 36.6 Å². The highest BCUT2D eigenvalue weighted by atomic mass is 32.1. The van der Waals surface area contributed by atoms with Crippen molar-refractivity contribution in [1.82, 2.24) is 0 Å². The molecule has 2 aromatic rings. The van der Waals surface area contributed by atoms with E-state index in [1.165, 1.54) is 31.4 Å². The number of ketones is 2. The topological polar surface area (TPSA) is 78.9 Å². The Morgan fingerprint density at radius 3 is 2.50 bits per heavy atom. The fourth-order valence-corrected chi connectivity index (χ4v) is 2.49. The third-order valence-corrected chi connectivity index (χ3v) is 3.99. The van der Waals surface area contributed by atoms with Crippen molar-refractivity contribution in [1.29, 1.82) is 0 Å². The molecular weight excluding hydrogens is 332 g/mol. The Kier molecular flexibility index (Phi) is 6.08. The monoisotopic (exact) mass is 348 g/mol. The number of hydrogen-bond donors (Lipinski definition) is 0.